The molecule has 1 heterocycles. The highest BCUT2D eigenvalue weighted by atomic mass is 16.5. The van der Waals surface area contributed by atoms with Crippen LogP contribution in [-0.4, -0.2) is 34.9 Å². The molecule has 0 aliphatic carbocycles. The molecule has 1 atom stereocenters. The van der Waals surface area contributed by atoms with E-state index in [1.165, 1.54) is 5.01 Å². The molecule has 112 valence electrons. The van der Waals surface area contributed by atoms with Crippen LogP contribution in [0.5, 0.6) is 0 Å². The van der Waals surface area contributed by atoms with Crippen molar-refractivity contribution in [1.82, 2.24) is 0 Å². The number of aliphatic carboxylic acids is 1. The molecular weight excluding hydrogens is 272 g/mol. The van der Waals surface area contributed by atoms with Crippen molar-refractivity contribution in [1.29, 1.82) is 0 Å². The maximum atomic E-state index is 11.8. The normalized spacial score (nSPS) is 21.1. The Balaban J connectivity index is 2.42. The van der Waals surface area contributed by atoms with E-state index in [0.29, 0.717) is 5.69 Å². The molecule has 0 saturated carbocycles. The highest BCUT2D eigenvalue weighted by Crippen LogP contribution is 2.33. The Morgan fingerprint density at radius 2 is 2.19 bits per heavy atom. The van der Waals surface area contributed by atoms with Gasteiger partial charge in [-0.25, -0.2) is 14.6 Å². The number of hydrogen-bond acceptors (Lipinski definition) is 5. The third kappa shape index (κ3) is 2.74. The molecule has 1 aliphatic heterocycles. The summed E-state index contributed by atoms with van der Waals surface area (Å²) in [6, 6.07) is 7.34. The number of hydrogen-bond donors (Lipinski definition) is 1. The van der Waals surface area contributed by atoms with Gasteiger partial charge in [0.1, 0.15) is 5.71 Å². The number of esters is 1. The van der Waals surface area contributed by atoms with E-state index in [2.05, 4.69) is 5.10 Å². The second-order valence-corrected chi connectivity index (χ2v) is 5.17. The Morgan fingerprint density at radius 3 is 2.76 bits per heavy atom. The maximum absolute atomic E-state index is 11.8. The average Bonchev–Trinajstić information content (AvgIpc) is 2.79. The van der Waals surface area contributed by atoms with Gasteiger partial charge in [-0.15, -0.1) is 0 Å². The van der Waals surface area contributed by atoms with Crippen LogP contribution in [0.3, 0.4) is 0 Å². The van der Waals surface area contributed by atoms with E-state index >= 15 is 0 Å². The summed E-state index contributed by atoms with van der Waals surface area (Å²) in [6.07, 6.45) is 0.00904. The Hall–Kier alpha value is -2.37. The molecule has 0 fully saturated rings. The summed E-state index contributed by atoms with van der Waals surface area (Å²) in [5, 5.41) is 15.1. The number of rotatable bonds is 4. The van der Waals surface area contributed by atoms with Gasteiger partial charge in [0.15, 0.2) is 5.54 Å². The largest absolute Gasteiger partial charge is 0.479 e. The maximum Gasteiger partial charge on any atom is 0.354 e. The van der Waals surface area contributed by atoms with Crippen molar-refractivity contribution in [3.63, 3.8) is 0 Å². The fourth-order valence-corrected chi connectivity index (χ4v) is 2.26. The number of benzene rings is 1. The highest BCUT2D eigenvalue weighted by Gasteiger charge is 2.48. The van der Waals surface area contributed by atoms with Gasteiger partial charge in [0.2, 0.25) is 0 Å². The minimum absolute atomic E-state index is 0.00904. The van der Waals surface area contributed by atoms with Gasteiger partial charge in [0.05, 0.1) is 12.3 Å². The van der Waals surface area contributed by atoms with Crippen LogP contribution in [0.1, 0.15) is 25.8 Å². The van der Waals surface area contributed by atoms with Crippen LogP contribution in [0.2, 0.25) is 0 Å². The van der Waals surface area contributed by atoms with Crippen molar-refractivity contribution in [2.75, 3.05) is 11.6 Å². The van der Waals surface area contributed by atoms with Crippen molar-refractivity contribution in [3.8, 4) is 0 Å². The summed E-state index contributed by atoms with van der Waals surface area (Å²) in [6.45, 7) is 5.38. The second-order valence-electron chi connectivity index (χ2n) is 5.17. The Labute approximate surface area is 123 Å². The first-order valence-electron chi connectivity index (χ1n) is 6.73. The standard InChI is InChI=1S/C15H18N2O4/c1-4-21-13(18)12-9-15(3,14(19)20)17(16-12)11-7-5-6-10(2)8-11/h5-8H,4,9H2,1-3H3,(H,19,20). The Morgan fingerprint density at radius 1 is 1.48 bits per heavy atom. The van der Waals surface area contributed by atoms with Crippen molar-refractivity contribution in [2.45, 2.75) is 32.7 Å². The third-order valence-electron chi connectivity index (χ3n) is 3.42. The lowest BCUT2D eigenvalue weighted by molar-refractivity contribution is -0.142. The SMILES string of the molecule is CCOC(=O)C1=NN(c2cccc(C)c2)C(C)(C(=O)O)C1. The third-order valence-corrected chi connectivity index (χ3v) is 3.42. The van der Waals surface area contributed by atoms with E-state index in [9.17, 15) is 14.7 Å². The minimum atomic E-state index is -1.30. The predicted molar refractivity (Wildman–Crippen MR) is 78.4 cm³/mol. The molecular formula is C15H18N2O4. The molecule has 0 spiro atoms. The molecule has 1 aromatic rings. The van der Waals surface area contributed by atoms with Crippen molar-refractivity contribution < 1.29 is 19.4 Å². The molecule has 1 aromatic carbocycles. The molecule has 0 aromatic heterocycles. The van der Waals surface area contributed by atoms with Crippen molar-refractivity contribution in [3.05, 3.63) is 29.8 Å². The molecule has 1 aliphatic rings. The molecule has 0 radical (unpaired) electrons. The highest BCUT2D eigenvalue weighted by molar-refractivity contribution is 6.38. The van der Waals surface area contributed by atoms with Gasteiger partial charge in [-0.3, -0.25) is 0 Å². The lowest BCUT2D eigenvalue weighted by Crippen LogP contribution is -2.47. The summed E-state index contributed by atoms with van der Waals surface area (Å²) in [4.78, 5) is 23.5. The van der Waals surface area contributed by atoms with E-state index in [1.54, 1.807) is 19.9 Å². The van der Waals surface area contributed by atoms with E-state index < -0.39 is 17.5 Å². The first-order chi connectivity index (χ1) is 9.88. The second kappa shape index (κ2) is 5.55. The van der Waals surface area contributed by atoms with Crippen LogP contribution in [-0.2, 0) is 14.3 Å². The number of carbonyl (C=O) groups excluding carboxylic acids is 1. The quantitative estimate of drug-likeness (QED) is 0.858. The number of hydrazone groups is 1. The molecule has 1 unspecified atom stereocenters. The van der Waals surface area contributed by atoms with Crippen LogP contribution in [0.4, 0.5) is 5.69 Å². The van der Waals surface area contributed by atoms with Crippen molar-refractivity contribution >= 4 is 23.3 Å². The number of carbonyl (C=O) groups is 2. The number of carboxylic acids is 1. The fraction of sp³-hybridized carbons (Fsp3) is 0.400. The monoisotopic (exact) mass is 290 g/mol. The van der Waals surface area contributed by atoms with Crippen molar-refractivity contribution in [2.24, 2.45) is 5.10 Å². The molecule has 2 rings (SSSR count). The zero-order valence-corrected chi connectivity index (χ0v) is 12.3. The fourth-order valence-electron chi connectivity index (χ4n) is 2.26. The summed E-state index contributed by atoms with van der Waals surface area (Å²) < 4.78 is 4.92. The summed E-state index contributed by atoms with van der Waals surface area (Å²) in [5.74, 6) is -1.60. The van der Waals surface area contributed by atoms with E-state index in [1.807, 2.05) is 25.1 Å². The number of anilines is 1. The zero-order valence-electron chi connectivity index (χ0n) is 12.3. The molecule has 1 N–H and O–H groups in total. The van der Waals surface area contributed by atoms with Crippen LogP contribution in [0, 0.1) is 6.92 Å². The van der Waals surface area contributed by atoms with Crippen LogP contribution in [0.15, 0.2) is 29.4 Å². The predicted octanol–water partition coefficient (Wildman–Crippen LogP) is 1.97. The van der Waals surface area contributed by atoms with E-state index in [4.69, 9.17) is 4.74 Å². The molecule has 21 heavy (non-hydrogen) atoms. The first-order valence-corrected chi connectivity index (χ1v) is 6.73. The van der Waals surface area contributed by atoms with Gasteiger partial charge in [0, 0.05) is 6.42 Å². The molecule has 0 saturated heterocycles. The summed E-state index contributed by atoms with van der Waals surface area (Å²) >= 11 is 0. The van der Waals surface area contributed by atoms with Crippen LogP contribution in [0.25, 0.3) is 0 Å². The lowest BCUT2D eigenvalue weighted by Gasteiger charge is -2.30. The minimum Gasteiger partial charge on any atom is -0.479 e. The first kappa shape index (κ1) is 15.0. The zero-order chi connectivity index (χ0) is 15.6. The van der Waals surface area contributed by atoms with Gasteiger partial charge < -0.3 is 9.84 Å². The van der Waals surface area contributed by atoms with Gasteiger partial charge in [0.25, 0.3) is 0 Å². The summed E-state index contributed by atoms with van der Waals surface area (Å²) in [5.41, 5.74) is 0.457. The Bertz CT molecular complexity index is 611. The van der Waals surface area contributed by atoms with Crippen LogP contribution < -0.4 is 5.01 Å². The molecule has 0 bridgehead atoms. The van der Waals surface area contributed by atoms with E-state index in [0.717, 1.165) is 5.56 Å². The number of ether oxygens (including phenoxy) is 1. The smallest absolute Gasteiger partial charge is 0.354 e. The average molecular weight is 290 g/mol. The molecule has 0 amide bonds. The topological polar surface area (TPSA) is 79.2 Å². The van der Waals surface area contributed by atoms with Gasteiger partial charge in [-0.2, -0.15) is 5.10 Å². The lowest BCUT2D eigenvalue weighted by atomic mass is 9.95. The van der Waals surface area contributed by atoms with Gasteiger partial charge in [-0.05, 0) is 38.5 Å². The molecule has 6 heteroatoms. The van der Waals surface area contributed by atoms with Gasteiger partial charge >= 0.3 is 11.9 Å². The summed E-state index contributed by atoms with van der Waals surface area (Å²) in [7, 11) is 0. The number of carboxylic acid groups (broad SMARTS) is 1. The van der Waals surface area contributed by atoms with Gasteiger partial charge in [-0.1, -0.05) is 12.1 Å². The van der Waals surface area contributed by atoms with E-state index in [-0.39, 0.29) is 18.7 Å². The molecule has 6 nitrogen and oxygen atoms in total. The Kier molecular flexibility index (Phi) is 3.97. The number of aryl methyl sites for hydroxylation is 1. The van der Waals surface area contributed by atoms with Crippen LogP contribution >= 0.6 is 0 Å². The number of nitrogens with zero attached hydrogens (tertiary/aromatic N) is 2.